The molecule has 1 aliphatic heterocycles. The molecule has 1 fully saturated rings. The normalized spacial score (nSPS) is 25.9. The van der Waals surface area contributed by atoms with Gasteiger partial charge in [0.25, 0.3) is 0 Å². The van der Waals surface area contributed by atoms with Gasteiger partial charge in [-0.2, -0.15) is 0 Å². The van der Waals surface area contributed by atoms with Crippen LogP contribution in [-0.2, 0) is 4.79 Å². The molecule has 0 radical (unpaired) electrons. The number of carbonyl (C=O) groups excluding carboxylic acids is 1. The number of piperidine rings is 1. The maximum Gasteiger partial charge on any atom is 0.227 e. The average Bonchev–Trinajstić information content (AvgIpc) is 2.30. The highest BCUT2D eigenvalue weighted by atomic mass is 16.2. The average molecular weight is 210 g/mol. The highest BCUT2D eigenvalue weighted by Gasteiger charge is 2.37. The first-order valence-electron chi connectivity index (χ1n) is 5.85. The molecule has 0 saturated carbocycles. The first-order chi connectivity index (χ1) is 7.25. The van der Waals surface area contributed by atoms with Crippen LogP contribution in [0.3, 0.4) is 0 Å². The summed E-state index contributed by atoms with van der Waals surface area (Å²) >= 11 is 0. The van der Waals surface area contributed by atoms with Gasteiger partial charge in [0.05, 0.1) is 5.41 Å². The molecule has 15 heavy (non-hydrogen) atoms. The lowest BCUT2D eigenvalue weighted by molar-refractivity contribution is -0.132. The minimum Gasteiger partial charge on any atom is -0.355 e. The van der Waals surface area contributed by atoms with Gasteiger partial charge in [-0.3, -0.25) is 4.79 Å². The van der Waals surface area contributed by atoms with Crippen LogP contribution in [0, 0.1) is 5.41 Å². The number of nitrogens with one attached hydrogen (secondary N) is 2. The van der Waals surface area contributed by atoms with Gasteiger partial charge in [0.15, 0.2) is 0 Å². The van der Waals surface area contributed by atoms with Crippen molar-refractivity contribution in [1.29, 1.82) is 0 Å². The Morgan fingerprint density at radius 2 is 2.47 bits per heavy atom. The zero-order valence-corrected chi connectivity index (χ0v) is 9.64. The van der Waals surface area contributed by atoms with Gasteiger partial charge in [-0.25, -0.2) is 0 Å². The number of hydrogen-bond donors (Lipinski definition) is 2. The molecule has 1 amide bonds. The van der Waals surface area contributed by atoms with Crippen LogP contribution in [0.5, 0.6) is 0 Å². The Balaban J connectivity index is 2.48. The van der Waals surface area contributed by atoms with E-state index in [0.29, 0.717) is 6.54 Å². The number of hydrogen-bond acceptors (Lipinski definition) is 2. The van der Waals surface area contributed by atoms with Gasteiger partial charge in [-0.15, -0.1) is 6.58 Å². The summed E-state index contributed by atoms with van der Waals surface area (Å²) in [6.45, 7) is 8.32. The van der Waals surface area contributed by atoms with E-state index in [4.69, 9.17) is 0 Å². The number of rotatable bonds is 5. The van der Waals surface area contributed by atoms with Gasteiger partial charge < -0.3 is 10.6 Å². The highest BCUT2D eigenvalue weighted by molar-refractivity contribution is 5.83. The van der Waals surface area contributed by atoms with E-state index in [1.165, 1.54) is 0 Å². The van der Waals surface area contributed by atoms with Crippen molar-refractivity contribution >= 4 is 5.91 Å². The van der Waals surface area contributed by atoms with Crippen LogP contribution in [0.25, 0.3) is 0 Å². The predicted molar refractivity (Wildman–Crippen MR) is 62.7 cm³/mol. The molecule has 1 aliphatic rings. The largest absolute Gasteiger partial charge is 0.355 e. The van der Waals surface area contributed by atoms with Crippen molar-refractivity contribution in [1.82, 2.24) is 10.6 Å². The monoisotopic (exact) mass is 210 g/mol. The molecule has 86 valence electrons. The first-order valence-corrected chi connectivity index (χ1v) is 5.85. The topological polar surface area (TPSA) is 41.1 Å². The smallest absolute Gasteiger partial charge is 0.227 e. The van der Waals surface area contributed by atoms with Crippen molar-refractivity contribution in [3.63, 3.8) is 0 Å². The van der Waals surface area contributed by atoms with Crippen LogP contribution >= 0.6 is 0 Å². The fourth-order valence-electron chi connectivity index (χ4n) is 2.10. The van der Waals surface area contributed by atoms with Gasteiger partial charge in [-0.1, -0.05) is 13.0 Å². The van der Waals surface area contributed by atoms with E-state index in [2.05, 4.69) is 24.1 Å². The Bertz CT molecular complexity index is 220. The van der Waals surface area contributed by atoms with E-state index >= 15 is 0 Å². The van der Waals surface area contributed by atoms with Gasteiger partial charge in [-0.05, 0) is 32.2 Å². The van der Waals surface area contributed by atoms with Crippen molar-refractivity contribution in [3.05, 3.63) is 12.7 Å². The van der Waals surface area contributed by atoms with Crippen molar-refractivity contribution in [3.8, 4) is 0 Å². The summed E-state index contributed by atoms with van der Waals surface area (Å²) in [5.41, 5.74) is -0.167. The molecule has 3 nitrogen and oxygen atoms in total. The quantitative estimate of drug-likeness (QED) is 0.533. The van der Waals surface area contributed by atoms with Crippen molar-refractivity contribution in [2.45, 2.75) is 32.6 Å². The van der Waals surface area contributed by atoms with E-state index in [1.807, 2.05) is 6.08 Å². The second kappa shape index (κ2) is 5.91. The third-order valence-corrected chi connectivity index (χ3v) is 3.26. The molecule has 2 N–H and O–H groups in total. The molecule has 0 aliphatic carbocycles. The fourth-order valence-corrected chi connectivity index (χ4v) is 2.10. The summed E-state index contributed by atoms with van der Waals surface area (Å²) in [6, 6.07) is 0. The molecule has 3 heteroatoms. The SMILES string of the molecule is C=CCCNC(=O)C1(CC)CCCNC1. The van der Waals surface area contributed by atoms with Crippen LogP contribution < -0.4 is 10.6 Å². The second-order valence-electron chi connectivity index (χ2n) is 4.25. The Hall–Kier alpha value is -0.830. The molecule has 0 aromatic heterocycles. The van der Waals surface area contributed by atoms with Crippen molar-refractivity contribution in [2.75, 3.05) is 19.6 Å². The molecular weight excluding hydrogens is 188 g/mol. The first kappa shape index (κ1) is 12.2. The predicted octanol–water partition coefficient (Wildman–Crippen LogP) is 1.46. The lowest BCUT2D eigenvalue weighted by Crippen LogP contribution is -2.50. The molecule has 0 spiro atoms. The Morgan fingerprint density at radius 1 is 1.67 bits per heavy atom. The number of amides is 1. The molecule has 1 saturated heterocycles. The van der Waals surface area contributed by atoms with E-state index in [1.54, 1.807) is 0 Å². The van der Waals surface area contributed by atoms with E-state index < -0.39 is 0 Å². The standard InChI is InChI=1S/C12H22N2O/c1-3-5-9-14-11(15)12(4-2)7-6-8-13-10-12/h3,13H,1,4-10H2,2H3,(H,14,15). The minimum atomic E-state index is -0.167. The lowest BCUT2D eigenvalue weighted by atomic mass is 9.77. The fraction of sp³-hybridized carbons (Fsp3) is 0.750. The highest BCUT2D eigenvalue weighted by Crippen LogP contribution is 2.30. The van der Waals surface area contributed by atoms with Crippen LogP contribution in [0.15, 0.2) is 12.7 Å². The molecular formula is C12H22N2O. The molecule has 0 bridgehead atoms. The van der Waals surface area contributed by atoms with E-state index in [9.17, 15) is 4.79 Å². The lowest BCUT2D eigenvalue weighted by Gasteiger charge is -2.35. The van der Waals surface area contributed by atoms with E-state index in [-0.39, 0.29) is 11.3 Å². The molecule has 0 aromatic rings. The summed E-state index contributed by atoms with van der Waals surface area (Å²) in [6.07, 6.45) is 5.70. The van der Waals surface area contributed by atoms with Crippen LogP contribution in [0.2, 0.25) is 0 Å². The summed E-state index contributed by atoms with van der Waals surface area (Å²) in [5.74, 6) is 0.207. The van der Waals surface area contributed by atoms with Crippen LogP contribution in [-0.4, -0.2) is 25.5 Å². The third kappa shape index (κ3) is 3.06. The van der Waals surface area contributed by atoms with Crippen molar-refractivity contribution < 1.29 is 4.79 Å². The zero-order chi connectivity index (χ0) is 11.1. The summed E-state index contributed by atoms with van der Waals surface area (Å²) < 4.78 is 0. The van der Waals surface area contributed by atoms with Gasteiger partial charge in [0, 0.05) is 13.1 Å². The molecule has 1 heterocycles. The van der Waals surface area contributed by atoms with Crippen LogP contribution in [0.4, 0.5) is 0 Å². The molecule has 1 atom stereocenters. The van der Waals surface area contributed by atoms with Gasteiger partial charge in [0.1, 0.15) is 0 Å². The number of carbonyl (C=O) groups is 1. The Kier molecular flexibility index (Phi) is 4.82. The molecule has 0 aromatic carbocycles. The Morgan fingerprint density at radius 3 is 3.00 bits per heavy atom. The molecule has 1 unspecified atom stereocenters. The zero-order valence-electron chi connectivity index (χ0n) is 9.64. The minimum absolute atomic E-state index is 0.167. The van der Waals surface area contributed by atoms with Gasteiger partial charge >= 0.3 is 0 Å². The molecule has 1 rings (SSSR count). The van der Waals surface area contributed by atoms with Crippen LogP contribution in [0.1, 0.15) is 32.6 Å². The maximum atomic E-state index is 12.0. The third-order valence-electron chi connectivity index (χ3n) is 3.26. The van der Waals surface area contributed by atoms with Crippen molar-refractivity contribution in [2.24, 2.45) is 5.41 Å². The summed E-state index contributed by atoms with van der Waals surface area (Å²) in [5, 5.41) is 6.31. The van der Waals surface area contributed by atoms with Gasteiger partial charge in [0.2, 0.25) is 5.91 Å². The maximum absolute atomic E-state index is 12.0. The van der Waals surface area contributed by atoms with E-state index in [0.717, 1.165) is 38.8 Å². The summed E-state index contributed by atoms with van der Waals surface area (Å²) in [7, 11) is 0. The second-order valence-corrected chi connectivity index (χ2v) is 4.25. The Labute approximate surface area is 92.3 Å². The summed E-state index contributed by atoms with van der Waals surface area (Å²) in [4.78, 5) is 12.0.